The van der Waals surface area contributed by atoms with Crippen LogP contribution in [0.3, 0.4) is 0 Å². The van der Waals surface area contributed by atoms with E-state index < -0.39 is 7.14 Å². The van der Waals surface area contributed by atoms with Crippen molar-refractivity contribution in [3.05, 3.63) is 188 Å². The van der Waals surface area contributed by atoms with Crippen LogP contribution in [0.15, 0.2) is 188 Å². The second-order valence-corrected chi connectivity index (χ2v) is 15.7. The summed E-state index contributed by atoms with van der Waals surface area (Å²) in [6.45, 7) is 0. The van der Waals surface area contributed by atoms with Gasteiger partial charge in [0.1, 0.15) is 0 Å². The van der Waals surface area contributed by atoms with E-state index in [2.05, 4.69) is 144 Å². The molecular weight excluding hydrogens is 640 g/mol. The molecule has 8 aromatic carbocycles. The van der Waals surface area contributed by atoms with Gasteiger partial charge >= 0.3 is 0 Å². The highest BCUT2D eigenvalue weighted by Crippen LogP contribution is 2.54. The Hall–Kier alpha value is -6.28. The maximum atomic E-state index is 15.7. The molecule has 1 aromatic heterocycles. The molecule has 0 fully saturated rings. The van der Waals surface area contributed by atoms with E-state index in [-0.39, 0.29) is 0 Å². The van der Waals surface area contributed by atoms with Crippen LogP contribution in [-0.4, -0.2) is 4.98 Å². The average Bonchev–Trinajstić information content (AvgIpc) is 3.46. The lowest BCUT2D eigenvalue weighted by Crippen LogP contribution is -2.20. The lowest BCUT2D eigenvalue weighted by atomic mass is 9.92. The van der Waals surface area contributed by atoms with Crippen LogP contribution >= 0.6 is 7.14 Å². The van der Waals surface area contributed by atoms with Crippen LogP contribution in [-0.2, 0) is 4.57 Å². The summed E-state index contributed by atoms with van der Waals surface area (Å²) in [5, 5.41) is 8.02. The molecule has 4 heteroatoms. The first-order chi connectivity index (χ1) is 25.2. The summed E-state index contributed by atoms with van der Waals surface area (Å²) < 4.78 is 15.7. The maximum absolute atomic E-state index is 15.7. The molecule has 1 aliphatic rings. The molecule has 1 aliphatic heterocycles. The van der Waals surface area contributed by atoms with E-state index in [0.717, 1.165) is 87.8 Å². The standard InChI is InChI=1S/C47H31N2OP/c50-51(36-22-11-4-12-23-36)43-27-14-13-24-37(43)40-30-33-28-29-38-45(39(33)31-44(40)51)46-41(48-47(38)32-16-5-1-6-17-32)25-15-26-42(46)49(34-18-7-2-8-19-34)35-20-9-3-10-21-35/h1-31H. The van der Waals surface area contributed by atoms with Crippen molar-refractivity contribution in [3.8, 4) is 22.4 Å². The van der Waals surface area contributed by atoms with Crippen molar-refractivity contribution in [3.63, 3.8) is 0 Å². The fourth-order valence-electron chi connectivity index (χ4n) is 7.97. The summed E-state index contributed by atoms with van der Waals surface area (Å²) in [6.07, 6.45) is 0. The average molecular weight is 671 g/mol. The van der Waals surface area contributed by atoms with Gasteiger partial charge < -0.3 is 9.46 Å². The molecule has 0 amide bonds. The minimum atomic E-state index is -3.17. The van der Waals surface area contributed by atoms with Gasteiger partial charge in [0.2, 0.25) is 0 Å². The number of anilines is 3. The summed E-state index contributed by atoms with van der Waals surface area (Å²) in [5.74, 6) is 0. The maximum Gasteiger partial charge on any atom is 0.172 e. The van der Waals surface area contributed by atoms with Gasteiger partial charge in [0.05, 0.1) is 16.9 Å². The number of benzene rings is 8. The zero-order chi connectivity index (χ0) is 33.9. The van der Waals surface area contributed by atoms with Crippen molar-refractivity contribution in [1.29, 1.82) is 0 Å². The lowest BCUT2D eigenvalue weighted by molar-refractivity contribution is 0.593. The van der Waals surface area contributed by atoms with E-state index in [9.17, 15) is 0 Å². The Morgan fingerprint density at radius 2 is 1.10 bits per heavy atom. The van der Waals surface area contributed by atoms with Gasteiger partial charge in [-0.25, -0.2) is 4.98 Å². The van der Waals surface area contributed by atoms with Gasteiger partial charge in [-0.15, -0.1) is 0 Å². The molecule has 0 saturated carbocycles. The van der Waals surface area contributed by atoms with E-state index in [1.54, 1.807) is 0 Å². The number of fused-ring (bicyclic) bond motifs is 8. The van der Waals surface area contributed by atoms with Crippen molar-refractivity contribution in [2.75, 3.05) is 4.90 Å². The monoisotopic (exact) mass is 670 g/mol. The van der Waals surface area contributed by atoms with Gasteiger partial charge in [-0.3, -0.25) is 0 Å². The Morgan fingerprint density at radius 3 is 1.80 bits per heavy atom. The Balaban J connectivity index is 1.38. The number of pyridine rings is 1. The molecule has 0 saturated heterocycles. The quantitative estimate of drug-likeness (QED) is 0.135. The summed E-state index contributed by atoms with van der Waals surface area (Å²) in [6, 6.07) is 65.0. The first-order valence-electron chi connectivity index (χ1n) is 17.3. The number of para-hydroxylation sites is 2. The molecular formula is C47H31N2OP. The van der Waals surface area contributed by atoms with Gasteiger partial charge in [0.15, 0.2) is 7.14 Å². The van der Waals surface area contributed by atoms with E-state index in [4.69, 9.17) is 4.98 Å². The van der Waals surface area contributed by atoms with Crippen LogP contribution in [0.25, 0.3) is 54.8 Å². The van der Waals surface area contributed by atoms with Crippen molar-refractivity contribution in [2.24, 2.45) is 0 Å². The van der Waals surface area contributed by atoms with Gasteiger partial charge in [0.25, 0.3) is 0 Å². The fourth-order valence-corrected chi connectivity index (χ4v) is 11.0. The molecule has 51 heavy (non-hydrogen) atoms. The third kappa shape index (κ3) is 4.52. The van der Waals surface area contributed by atoms with Crippen LogP contribution in [0.2, 0.25) is 0 Å². The zero-order valence-electron chi connectivity index (χ0n) is 27.6. The van der Waals surface area contributed by atoms with Gasteiger partial charge in [-0.05, 0) is 70.4 Å². The van der Waals surface area contributed by atoms with Crippen LogP contribution in [0.1, 0.15) is 0 Å². The highest BCUT2D eigenvalue weighted by molar-refractivity contribution is 7.86. The summed E-state index contributed by atoms with van der Waals surface area (Å²) in [4.78, 5) is 7.73. The smallest absolute Gasteiger partial charge is 0.172 e. The second-order valence-electron chi connectivity index (χ2n) is 13.0. The molecule has 0 N–H and O–H groups in total. The normalized spacial score (nSPS) is 14.8. The zero-order valence-corrected chi connectivity index (χ0v) is 28.5. The van der Waals surface area contributed by atoms with E-state index >= 15 is 4.57 Å². The fraction of sp³-hybridized carbons (Fsp3) is 0. The largest absolute Gasteiger partial charge is 0.310 e. The van der Waals surface area contributed by atoms with Crippen molar-refractivity contribution in [1.82, 2.24) is 4.98 Å². The van der Waals surface area contributed by atoms with Crippen molar-refractivity contribution < 1.29 is 4.57 Å². The van der Waals surface area contributed by atoms with E-state index in [1.807, 2.05) is 48.5 Å². The Morgan fingerprint density at radius 1 is 0.471 bits per heavy atom. The molecule has 3 nitrogen and oxygen atoms in total. The van der Waals surface area contributed by atoms with Gasteiger partial charge in [0, 0.05) is 49.0 Å². The topological polar surface area (TPSA) is 33.2 Å². The molecule has 10 rings (SSSR count). The van der Waals surface area contributed by atoms with Crippen LogP contribution < -0.4 is 20.8 Å². The number of rotatable bonds is 5. The molecule has 0 spiro atoms. The third-order valence-electron chi connectivity index (χ3n) is 10.2. The van der Waals surface area contributed by atoms with Crippen molar-refractivity contribution >= 4 is 72.6 Å². The molecule has 0 aliphatic carbocycles. The Bertz CT molecular complexity index is 2780. The minimum Gasteiger partial charge on any atom is -0.310 e. The molecule has 240 valence electrons. The minimum absolute atomic E-state index is 0.854. The molecule has 1 atom stereocenters. The van der Waals surface area contributed by atoms with Crippen molar-refractivity contribution in [2.45, 2.75) is 0 Å². The third-order valence-corrected chi connectivity index (χ3v) is 13.3. The number of nitrogens with zero attached hydrogens (tertiary/aromatic N) is 2. The van der Waals surface area contributed by atoms with Crippen LogP contribution in [0.5, 0.6) is 0 Å². The van der Waals surface area contributed by atoms with E-state index in [1.165, 1.54) is 0 Å². The first kappa shape index (κ1) is 29.6. The number of hydrogen-bond donors (Lipinski definition) is 0. The SMILES string of the molecule is O=P1(c2ccccc2)c2ccccc2-c2cc3ccc4c(-c5ccccc5)nc5cccc(N(c6ccccc6)c6ccccc6)c5c4c3cc21. The van der Waals surface area contributed by atoms with Crippen LogP contribution in [0.4, 0.5) is 17.1 Å². The molecule has 0 bridgehead atoms. The van der Waals surface area contributed by atoms with Gasteiger partial charge in [-0.1, -0.05) is 140 Å². The highest BCUT2D eigenvalue weighted by atomic mass is 31.2. The van der Waals surface area contributed by atoms with Crippen LogP contribution in [0, 0.1) is 0 Å². The molecule has 2 heterocycles. The summed E-state index contributed by atoms with van der Waals surface area (Å²) >= 11 is 0. The summed E-state index contributed by atoms with van der Waals surface area (Å²) in [7, 11) is -3.17. The van der Waals surface area contributed by atoms with Gasteiger partial charge in [-0.2, -0.15) is 0 Å². The predicted molar refractivity (Wildman–Crippen MR) is 215 cm³/mol. The lowest BCUT2D eigenvalue weighted by Gasteiger charge is -2.27. The number of hydrogen-bond acceptors (Lipinski definition) is 3. The summed E-state index contributed by atoms with van der Waals surface area (Å²) in [5.41, 5.74) is 8.12. The predicted octanol–water partition coefficient (Wildman–Crippen LogP) is 11.3. The Kier molecular flexibility index (Phi) is 6.77. The van der Waals surface area contributed by atoms with E-state index in [0.29, 0.717) is 0 Å². The molecule has 9 aromatic rings. The molecule has 1 unspecified atom stereocenters. The molecule has 0 radical (unpaired) electrons. The highest BCUT2D eigenvalue weighted by Gasteiger charge is 2.40. The first-order valence-corrected chi connectivity index (χ1v) is 19.0. The second kappa shape index (κ2) is 11.7. The Labute approximate surface area is 296 Å². The number of aromatic nitrogens is 1.